The zero-order valence-corrected chi connectivity index (χ0v) is 11.3. The van der Waals surface area contributed by atoms with E-state index in [1.165, 1.54) is 0 Å². The minimum Gasteiger partial charge on any atom is -0.481 e. The van der Waals surface area contributed by atoms with Crippen molar-refractivity contribution in [2.45, 2.75) is 39.7 Å². The summed E-state index contributed by atoms with van der Waals surface area (Å²) >= 11 is 0. The molecule has 1 N–H and O–H groups in total. The molecule has 3 heteroatoms. The fraction of sp³-hybridized carbons (Fsp3) is 0.533. The zero-order chi connectivity index (χ0) is 13.5. The monoisotopic (exact) mass is 250 g/mol. The second-order valence-corrected chi connectivity index (χ2v) is 4.87. The summed E-state index contributed by atoms with van der Waals surface area (Å²) in [6.07, 6.45) is 1.28. The summed E-state index contributed by atoms with van der Waals surface area (Å²) in [5.74, 6) is -1.12. The van der Waals surface area contributed by atoms with Gasteiger partial charge in [-0.05, 0) is 44.7 Å². The molecule has 0 bridgehead atoms. The molecule has 100 valence electrons. The van der Waals surface area contributed by atoms with Gasteiger partial charge in [0.25, 0.3) is 0 Å². The Labute approximate surface area is 109 Å². The smallest absolute Gasteiger partial charge is 0.306 e. The Kier molecular flexibility index (Phi) is 5.86. The van der Waals surface area contributed by atoms with Gasteiger partial charge in [-0.15, -0.1) is 0 Å². The number of hydrogen-bond acceptors (Lipinski definition) is 2. The molecular weight excluding hydrogens is 228 g/mol. The van der Waals surface area contributed by atoms with Crippen molar-refractivity contribution in [3.8, 4) is 0 Å². The van der Waals surface area contributed by atoms with E-state index in [1.807, 2.05) is 45.0 Å². The lowest BCUT2D eigenvalue weighted by Gasteiger charge is -2.15. The first-order valence-corrected chi connectivity index (χ1v) is 6.39. The van der Waals surface area contributed by atoms with Gasteiger partial charge in [0.2, 0.25) is 0 Å². The average molecular weight is 250 g/mol. The van der Waals surface area contributed by atoms with Crippen LogP contribution in [0, 0.1) is 12.8 Å². The van der Waals surface area contributed by atoms with Gasteiger partial charge in [0.15, 0.2) is 0 Å². The van der Waals surface area contributed by atoms with E-state index in [1.54, 1.807) is 0 Å². The van der Waals surface area contributed by atoms with Gasteiger partial charge in [-0.3, -0.25) is 4.79 Å². The van der Waals surface area contributed by atoms with Crippen LogP contribution in [0.4, 0.5) is 0 Å². The molecule has 1 atom stereocenters. The lowest BCUT2D eigenvalue weighted by atomic mass is 9.94. The molecule has 1 aromatic rings. The molecule has 18 heavy (non-hydrogen) atoms. The lowest BCUT2D eigenvalue weighted by molar-refractivity contribution is -0.142. The van der Waals surface area contributed by atoms with Gasteiger partial charge in [0.05, 0.1) is 12.0 Å². The molecule has 0 saturated heterocycles. The van der Waals surface area contributed by atoms with E-state index in [-0.39, 0.29) is 12.0 Å². The molecule has 0 aliphatic rings. The van der Waals surface area contributed by atoms with Crippen LogP contribution in [0.2, 0.25) is 0 Å². The standard InChI is InChI=1S/C15H22O3/c1-11(2)18-9-8-14(15(16)17)10-13-7-5-4-6-12(13)3/h4-7,11,14H,8-10H2,1-3H3,(H,16,17). The first-order chi connectivity index (χ1) is 8.50. The van der Waals surface area contributed by atoms with Crippen molar-refractivity contribution >= 4 is 5.97 Å². The predicted molar refractivity (Wildman–Crippen MR) is 71.7 cm³/mol. The van der Waals surface area contributed by atoms with Crippen LogP contribution in [0.15, 0.2) is 24.3 Å². The van der Waals surface area contributed by atoms with Crippen molar-refractivity contribution in [3.63, 3.8) is 0 Å². The van der Waals surface area contributed by atoms with Crippen LogP contribution < -0.4 is 0 Å². The summed E-state index contributed by atoms with van der Waals surface area (Å²) in [6, 6.07) is 7.93. The van der Waals surface area contributed by atoms with E-state index in [0.29, 0.717) is 19.4 Å². The summed E-state index contributed by atoms with van der Waals surface area (Å²) in [5.41, 5.74) is 2.25. The SMILES string of the molecule is Cc1ccccc1CC(CCOC(C)C)C(=O)O. The maximum absolute atomic E-state index is 11.2. The van der Waals surface area contributed by atoms with Crippen LogP contribution in [0.3, 0.4) is 0 Å². The van der Waals surface area contributed by atoms with Crippen LogP contribution in [-0.2, 0) is 16.0 Å². The highest BCUT2D eigenvalue weighted by atomic mass is 16.5. The molecule has 0 radical (unpaired) electrons. The quantitative estimate of drug-likeness (QED) is 0.809. The molecule has 0 heterocycles. The average Bonchev–Trinajstić information content (AvgIpc) is 2.29. The third-order valence-corrected chi connectivity index (χ3v) is 2.99. The summed E-state index contributed by atoms with van der Waals surface area (Å²) in [6.45, 7) is 6.42. The molecule has 0 amide bonds. The number of aliphatic carboxylic acids is 1. The number of carboxylic acids is 1. The zero-order valence-electron chi connectivity index (χ0n) is 11.3. The van der Waals surface area contributed by atoms with Crippen LogP contribution in [0.25, 0.3) is 0 Å². The number of ether oxygens (including phenoxy) is 1. The highest BCUT2D eigenvalue weighted by Gasteiger charge is 2.18. The third kappa shape index (κ3) is 4.88. The summed E-state index contributed by atoms with van der Waals surface area (Å²) in [4.78, 5) is 11.2. The van der Waals surface area contributed by atoms with Crippen molar-refractivity contribution in [2.75, 3.05) is 6.61 Å². The van der Waals surface area contributed by atoms with Crippen LogP contribution in [0.5, 0.6) is 0 Å². The van der Waals surface area contributed by atoms with E-state index in [2.05, 4.69) is 0 Å². The minimum atomic E-state index is -0.745. The number of benzene rings is 1. The van der Waals surface area contributed by atoms with Crippen molar-refractivity contribution in [1.82, 2.24) is 0 Å². The summed E-state index contributed by atoms with van der Waals surface area (Å²) in [5, 5.41) is 9.24. The van der Waals surface area contributed by atoms with Crippen molar-refractivity contribution in [1.29, 1.82) is 0 Å². The predicted octanol–water partition coefficient (Wildman–Crippen LogP) is 3.05. The molecule has 0 aliphatic carbocycles. The highest BCUT2D eigenvalue weighted by molar-refractivity contribution is 5.70. The molecule has 1 aromatic carbocycles. The Morgan fingerprint density at radius 3 is 2.56 bits per heavy atom. The van der Waals surface area contributed by atoms with E-state index in [4.69, 9.17) is 4.74 Å². The van der Waals surface area contributed by atoms with Gasteiger partial charge in [-0.1, -0.05) is 24.3 Å². The minimum absolute atomic E-state index is 0.151. The number of carbonyl (C=O) groups is 1. The number of carboxylic acid groups (broad SMARTS) is 1. The number of hydrogen-bond donors (Lipinski definition) is 1. The topological polar surface area (TPSA) is 46.5 Å². The fourth-order valence-electron chi connectivity index (χ4n) is 1.86. The molecule has 1 unspecified atom stereocenters. The summed E-state index contributed by atoms with van der Waals surface area (Å²) < 4.78 is 5.43. The van der Waals surface area contributed by atoms with Gasteiger partial charge in [-0.2, -0.15) is 0 Å². The number of aryl methyl sites for hydroxylation is 1. The molecular formula is C15H22O3. The largest absolute Gasteiger partial charge is 0.481 e. The Bertz CT molecular complexity index is 385. The molecule has 0 saturated carbocycles. The fourth-order valence-corrected chi connectivity index (χ4v) is 1.86. The van der Waals surface area contributed by atoms with Crippen LogP contribution in [-0.4, -0.2) is 23.8 Å². The Morgan fingerprint density at radius 1 is 1.33 bits per heavy atom. The Balaban J connectivity index is 2.58. The summed E-state index contributed by atoms with van der Waals surface area (Å²) in [7, 11) is 0. The maximum atomic E-state index is 11.2. The first kappa shape index (κ1) is 14.7. The second kappa shape index (κ2) is 7.17. The molecule has 0 aromatic heterocycles. The second-order valence-electron chi connectivity index (χ2n) is 4.87. The van der Waals surface area contributed by atoms with Gasteiger partial charge in [0.1, 0.15) is 0 Å². The molecule has 0 spiro atoms. The van der Waals surface area contributed by atoms with Crippen molar-refractivity contribution < 1.29 is 14.6 Å². The van der Waals surface area contributed by atoms with E-state index in [9.17, 15) is 9.90 Å². The maximum Gasteiger partial charge on any atom is 0.306 e. The van der Waals surface area contributed by atoms with Crippen molar-refractivity contribution in [3.05, 3.63) is 35.4 Å². The Hall–Kier alpha value is -1.35. The van der Waals surface area contributed by atoms with E-state index in [0.717, 1.165) is 11.1 Å². The van der Waals surface area contributed by atoms with Gasteiger partial charge in [-0.25, -0.2) is 0 Å². The van der Waals surface area contributed by atoms with E-state index < -0.39 is 5.97 Å². The molecule has 1 rings (SSSR count). The van der Waals surface area contributed by atoms with Gasteiger partial charge in [0, 0.05) is 6.61 Å². The molecule has 0 aliphatic heterocycles. The molecule has 0 fully saturated rings. The Morgan fingerprint density at radius 2 is 2.00 bits per heavy atom. The normalized spacial score (nSPS) is 12.7. The first-order valence-electron chi connectivity index (χ1n) is 6.39. The lowest BCUT2D eigenvalue weighted by Crippen LogP contribution is -2.20. The van der Waals surface area contributed by atoms with Crippen LogP contribution in [0.1, 0.15) is 31.4 Å². The third-order valence-electron chi connectivity index (χ3n) is 2.99. The molecule has 3 nitrogen and oxygen atoms in total. The highest BCUT2D eigenvalue weighted by Crippen LogP contribution is 2.16. The number of rotatable bonds is 7. The van der Waals surface area contributed by atoms with E-state index >= 15 is 0 Å². The van der Waals surface area contributed by atoms with Crippen molar-refractivity contribution in [2.24, 2.45) is 5.92 Å². The van der Waals surface area contributed by atoms with Crippen LogP contribution >= 0.6 is 0 Å². The van der Waals surface area contributed by atoms with Gasteiger partial charge < -0.3 is 9.84 Å². The van der Waals surface area contributed by atoms with Gasteiger partial charge >= 0.3 is 5.97 Å².